The molecule has 23 heavy (non-hydrogen) atoms. The lowest BCUT2D eigenvalue weighted by Crippen LogP contribution is -2.41. The molecule has 3 unspecified atom stereocenters. The van der Waals surface area contributed by atoms with Crippen molar-refractivity contribution in [2.75, 3.05) is 26.7 Å². The predicted octanol–water partition coefficient (Wildman–Crippen LogP) is 1.20. The minimum Gasteiger partial charge on any atom is -0.488 e. The van der Waals surface area contributed by atoms with E-state index in [1.807, 2.05) is 30.1 Å². The normalized spacial score (nSPS) is 26.1. The topological polar surface area (TPSA) is 61.8 Å². The molecule has 1 heterocycles. The maximum Gasteiger partial charge on any atom is 0.234 e. The van der Waals surface area contributed by atoms with Crippen LogP contribution in [0.3, 0.4) is 0 Å². The van der Waals surface area contributed by atoms with Crippen LogP contribution in [0.15, 0.2) is 24.3 Å². The third kappa shape index (κ3) is 4.24. The van der Waals surface area contributed by atoms with E-state index in [9.17, 15) is 9.90 Å². The fourth-order valence-electron chi connectivity index (χ4n) is 3.59. The lowest BCUT2D eigenvalue weighted by molar-refractivity contribution is -0.122. The predicted molar refractivity (Wildman–Crippen MR) is 88.4 cm³/mol. The molecule has 5 heteroatoms. The highest BCUT2D eigenvalue weighted by Crippen LogP contribution is 2.28. The molecule has 0 saturated heterocycles. The van der Waals surface area contributed by atoms with Gasteiger partial charge in [-0.3, -0.25) is 9.69 Å². The van der Waals surface area contributed by atoms with Gasteiger partial charge in [-0.1, -0.05) is 24.6 Å². The highest BCUT2D eigenvalue weighted by atomic mass is 16.5. The Morgan fingerprint density at radius 1 is 1.39 bits per heavy atom. The Labute approximate surface area is 137 Å². The van der Waals surface area contributed by atoms with Crippen LogP contribution in [0.5, 0.6) is 5.75 Å². The minimum absolute atomic E-state index is 0.0135. The van der Waals surface area contributed by atoms with Gasteiger partial charge in [-0.25, -0.2) is 0 Å². The largest absolute Gasteiger partial charge is 0.488 e. The zero-order chi connectivity index (χ0) is 16.2. The molecule has 1 aliphatic heterocycles. The van der Waals surface area contributed by atoms with Crippen LogP contribution < -0.4 is 10.1 Å². The van der Waals surface area contributed by atoms with Gasteiger partial charge in [0.05, 0.1) is 19.2 Å². The van der Waals surface area contributed by atoms with E-state index in [1.165, 1.54) is 5.56 Å². The number of rotatable bonds is 6. The number of hydrogen-bond donors (Lipinski definition) is 2. The van der Waals surface area contributed by atoms with Crippen molar-refractivity contribution < 1.29 is 14.6 Å². The van der Waals surface area contributed by atoms with Crippen LogP contribution in [0.4, 0.5) is 0 Å². The molecule has 3 rings (SSSR count). The number of ether oxygens (including phenoxy) is 1. The number of likely N-dealkylation sites (N-methyl/N-ethyl adjacent to an activating group) is 1. The first-order chi connectivity index (χ1) is 11.1. The molecule has 1 fully saturated rings. The average molecular weight is 318 g/mol. The van der Waals surface area contributed by atoms with Crippen molar-refractivity contribution in [3.8, 4) is 5.75 Å². The van der Waals surface area contributed by atoms with Gasteiger partial charge in [-0.2, -0.15) is 0 Å². The van der Waals surface area contributed by atoms with Crippen molar-refractivity contribution in [2.24, 2.45) is 5.92 Å². The summed E-state index contributed by atoms with van der Waals surface area (Å²) >= 11 is 0. The van der Waals surface area contributed by atoms with Gasteiger partial charge in [0.2, 0.25) is 5.91 Å². The van der Waals surface area contributed by atoms with E-state index in [1.54, 1.807) is 0 Å². The van der Waals surface area contributed by atoms with Gasteiger partial charge in [-0.05, 0) is 37.4 Å². The van der Waals surface area contributed by atoms with Crippen LogP contribution in [0.2, 0.25) is 0 Å². The summed E-state index contributed by atoms with van der Waals surface area (Å²) in [5.41, 5.74) is 1.21. The quantitative estimate of drug-likeness (QED) is 0.827. The van der Waals surface area contributed by atoms with E-state index in [4.69, 9.17) is 4.74 Å². The zero-order valence-corrected chi connectivity index (χ0v) is 13.7. The first kappa shape index (κ1) is 16.3. The highest BCUT2D eigenvalue weighted by molar-refractivity contribution is 5.78. The van der Waals surface area contributed by atoms with Crippen molar-refractivity contribution in [2.45, 2.75) is 37.9 Å². The molecule has 2 N–H and O–H groups in total. The van der Waals surface area contributed by atoms with E-state index in [2.05, 4.69) is 11.4 Å². The van der Waals surface area contributed by atoms with Gasteiger partial charge in [0, 0.05) is 13.0 Å². The third-order valence-corrected chi connectivity index (χ3v) is 4.82. The van der Waals surface area contributed by atoms with Crippen LogP contribution in [0, 0.1) is 5.92 Å². The molecule has 1 aromatic carbocycles. The summed E-state index contributed by atoms with van der Waals surface area (Å²) in [6.45, 7) is 1.68. The molecule has 1 aliphatic carbocycles. The lowest BCUT2D eigenvalue weighted by Gasteiger charge is -2.22. The molecule has 5 nitrogen and oxygen atoms in total. The van der Waals surface area contributed by atoms with Crippen molar-refractivity contribution in [1.29, 1.82) is 0 Å². The molecule has 1 saturated carbocycles. The van der Waals surface area contributed by atoms with Crippen LogP contribution >= 0.6 is 0 Å². The number of carbonyl (C=O) groups excluding carboxylic acids is 1. The molecular weight excluding hydrogens is 292 g/mol. The summed E-state index contributed by atoms with van der Waals surface area (Å²) in [6.07, 6.45) is 3.71. The Morgan fingerprint density at radius 3 is 2.96 bits per heavy atom. The molecule has 3 atom stereocenters. The first-order valence-electron chi connectivity index (χ1n) is 8.49. The van der Waals surface area contributed by atoms with Gasteiger partial charge in [0.1, 0.15) is 11.9 Å². The molecule has 2 aliphatic rings. The van der Waals surface area contributed by atoms with Crippen molar-refractivity contribution in [1.82, 2.24) is 10.2 Å². The number of amides is 1. The van der Waals surface area contributed by atoms with E-state index in [0.29, 0.717) is 19.0 Å². The number of aliphatic hydroxyl groups is 1. The summed E-state index contributed by atoms with van der Waals surface area (Å²) in [4.78, 5) is 14.1. The summed E-state index contributed by atoms with van der Waals surface area (Å²) in [5, 5.41) is 12.8. The summed E-state index contributed by atoms with van der Waals surface area (Å²) in [5.74, 6) is 1.25. The Morgan fingerprint density at radius 2 is 2.22 bits per heavy atom. The molecule has 0 bridgehead atoms. The number of hydrogen-bond acceptors (Lipinski definition) is 4. The Hall–Kier alpha value is -1.59. The molecule has 0 aromatic heterocycles. The fraction of sp³-hybridized carbons (Fsp3) is 0.611. The van der Waals surface area contributed by atoms with Crippen LogP contribution in [-0.4, -0.2) is 54.8 Å². The maximum absolute atomic E-state index is 12.1. The number of carbonyl (C=O) groups is 1. The van der Waals surface area contributed by atoms with Crippen molar-refractivity contribution in [3.05, 3.63) is 29.8 Å². The third-order valence-electron chi connectivity index (χ3n) is 4.82. The fourth-order valence-corrected chi connectivity index (χ4v) is 3.59. The number of para-hydroxylation sites is 1. The van der Waals surface area contributed by atoms with Crippen LogP contribution in [-0.2, 0) is 11.2 Å². The van der Waals surface area contributed by atoms with Crippen molar-refractivity contribution in [3.63, 3.8) is 0 Å². The summed E-state index contributed by atoms with van der Waals surface area (Å²) < 4.78 is 5.82. The Bertz CT molecular complexity index is 524. The van der Waals surface area contributed by atoms with E-state index in [-0.39, 0.29) is 18.1 Å². The number of fused-ring (bicyclic) bond motifs is 1. The van der Waals surface area contributed by atoms with Gasteiger partial charge in [0.15, 0.2) is 0 Å². The number of nitrogens with zero attached hydrogens (tertiary/aromatic N) is 1. The molecule has 1 aromatic rings. The van der Waals surface area contributed by atoms with E-state index < -0.39 is 0 Å². The molecule has 126 valence electrons. The van der Waals surface area contributed by atoms with Gasteiger partial charge in [0.25, 0.3) is 0 Å². The molecule has 1 amide bonds. The van der Waals surface area contributed by atoms with Crippen molar-refractivity contribution >= 4 is 5.91 Å². The second-order valence-electron chi connectivity index (χ2n) is 6.81. The molecule has 0 radical (unpaired) electrons. The summed E-state index contributed by atoms with van der Waals surface area (Å²) in [7, 11) is 1.94. The average Bonchev–Trinajstić information content (AvgIpc) is 3.11. The first-order valence-corrected chi connectivity index (χ1v) is 8.49. The van der Waals surface area contributed by atoms with Crippen LogP contribution in [0.1, 0.15) is 24.8 Å². The number of benzene rings is 1. The highest BCUT2D eigenvalue weighted by Gasteiger charge is 2.27. The second-order valence-corrected chi connectivity index (χ2v) is 6.81. The Kier molecular flexibility index (Phi) is 5.18. The smallest absolute Gasteiger partial charge is 0.234 e. The SMILES string of the molecule is CN(CC(=O)NCC1Cc2ccccc2O1)CC1CCCC1O. The molecular formula is C18H26N2O3. The monoisotopic (exact) mass is 318 g/mol. The number of nitrogens with one attached hydrogen (secondary N) is 1. The maximum atomic E-state index is 12.1. The lowest BCUT2D eigenvalue weighted by atomic mass is 10.1. The van der Waals surface area contributed by atoms with Gasteiger partial charge in [-0.15, -0.1) is 0 Å². The van der Waals surface area contributed by atoms with E-state index in [0.717, 1.165) is 38.0 Å². The van der Waals surface area contributed by atoms with Gasteiger partial charge >= 0.3 is 0 Å². The minimum atomic E-state index is -0.203. The standard InChI is InChI=1S/C18H26N2O3/c1-20(11-14-6-4-7-16(14)21)12-18(22)19-10-15-9-13-5-2-3-8-17(13)23-15/h2-3,5,8,14-16,21H,4,6-7,9-12H2,1H3,(H,19,22). The molecule has 0 spiro atoms. The van der Waals surface area contributed by atoms with Gasteiger partial charge < -0.3 is 15.2 Å². The zero-order valence-electron chi connectivity index (χ0n) is 13.7. The summed E-state index contributed by atoms with van der Waals surface area (Å²) in [6, 6.07) is 8.01. The number of aliphatic hydroxyl groups excluding tert-OH is 1. The van der Waals surface area contributed by atoms with Crippen LogP contribution in [0.25, 0.3) is 0 Å². The van der Waals surface area contributed by atoms with E-state index >= 15 is 0 Å². The second kappa shape index (κ2) is 7.32. The Balaban J connectivity index is 1.37.